The monoisotopic (exact) mass is 404 g/mol. The first-order chi connectivity index (χ1) is 14.8. The van der Waals surface area contributed by atoms with Gasteiger partial charge < -0.3 is 5.23 Å². The van der Waals surface area contributed by atoms with Crippen molar-refractivity contribution >= 4 is 18.9 Å². The molecule has 30 heavy (non-hydrogen) atoms. The molecule has 4 rings (SSSR count). The second kappa shape index (κ2) is 10.8. The Labute approximate surface area is 185 Å². The van der Waals surface area contributed by atoms with Gasteiger partial charge >= 0.3 is 0 Å². The molecule has 2 aliphatic carbocycles. The molecule has 1 aromatic heterocycles. The van der Waals surface area contributed by atoms with Crippen LogP contribution < -0.4 is 5.23 Å². The fourth-order valence-electron chi connectivity index (χ4n) is 6.63. The summed E-state index contributed by atoms with van der Waals surface area (Å²) in [4.78, 5) is 4.60. The van der Waals surface area contributed by atoms with Crippen LogP contribution in [0.1, 0.15) is 101 Å². The van der Waals surface area contributed by atoms with Crippen LogP contribution in [0.15, 0.2) is 36.5 Å². The van der Waals surface area contributed by atoms with Gasteiger partial charge in [0.05, 0.1) is 5.52 Å². The van der Waals surface area contributed by atoms with E-state index in [9.17, 15) is 0 Å². The Balaban J connectivity index is 1.38. The van der Waals surface area contributed by atoms with Crippen LogP contribution in [0.25, 0.3) is 10.9 Å². The standard InChI is InChI=1S/C27H41BN2/c28-30-21-22-9-7-18-27(19-8-10-22)16-5-3-11-23(12-4-6-17-27)24-15-20-29-26-14-2-1-13-25(24)26/h1-2,13-15,20,22-23,30H,3-12,16-19,21,28H2. The maximum Gasteiger partial charge on any atom is 0.181 e. The lowest BCUT2D eigenvalue weighted by molar-refractivity contribution is 0.147. The zero-order valence-corrected chi connectivity index (χ0v) is 19.2. The van der Waals surface area contributed by atoms with Crippen molar-refractivity contribution in [3.63, 3.8) is 0 Å². The highest BCUT2D eigenvalue weighted by Crippen LogP contribution is 2.45. The summed E-state index contributed by atoms with van der Waals surface area (Å²) in [6, 6.07) is 11.0. The van der Waals surface area contributed by atoms with Gasteiger partial charge in [-0.1, -0.05) is 56.7 Å². The number of pyridine rings is 1. The molecule has 0 radical (unpaired) electrons. The third-order valence-corrected chi connectivity index (χ3v) is 8.27. The Hall–Kier alpha value is -1.35. The van der Waals surface area contributed by atoms with Crippen LogP contribution in [0.3, 0.4) is 0 Å². The summed E-state index contributed by atoms with van der Waals surface area (Å²) in [7, 11) is 2.11. The number of aromatic nitrogens is 1. The van der Waals surface area contributed by atoms with Crippen LogP contribution in [0, 0.1) is 11.3 Å². The second-order valence-electron chi connectivity index (χ2n) is 10.3. The van der Waals surface area contributed by atoms with Gasteiger partial charge in [0.2, 0.25) is 0 Å². The van der Waals surface area contributed by atoms with Crippen molar-refractivity contribution in [2.45, 2.75) is 95.8 Å². The van der Waals surface area contributed by atoms with Crippen LogP contribution in [0.2, 0.25) is 0 Å². The summed E-state index contributed by atoms with van der Waals surface area (Å²) in [6.07, 6.45) is 22.1. The summed E-state index contributed by atoms with van der Waals surface area (Å²) in [6.45, 7) is 1.22. The van der Waals surface area contributed by atoms with Gasteiger partial charge in [-0.3, -0.25) is 4.98 Å². The Kier molecular flexibility index (Phi) is 7.87. The molecule has 1 N–H and O–H groups in total. The molecule has 0 bridgehead atoms. The Morgan fingerprint density at radius 2 is 1.50 bits per heavy atom. The van der Waals surface area contributed by atoms with Crippen molar-refractivity contribution in [3.8, 4) is 0 Å². The number of hydrogen-bond donors (Lipinski definition) is 1. The number of nitrogens with zero attached hydrogens (tertiary/aromatic N) is 1. The zero-order chi connectivity index (χ0) is 20.7. The smallest absolute Gasteiger partial charge is 0.181 e. The van der Waals surface area contributed by atoms with E-state index in [0.29, 0.717) is 11.3 Å². The van der Waals surface area contributed by atoms with Crippen molar-refractivity contribution in [2.24, 2.45) is 11.3 Å². The lowest BCUT2D eigenvalue weighted by Gasteiger charge is -2.38. The third-order valence-electron chi connectivity index (χ3n) is 8.27. The number of rotatable bonds is 3. The quantitative estimate of drug-likeness (QED) is 0.587. The minimum absolute atomic E-state index is 0.667. The molecular formula is C27H41BN2. The van der Waals surface area contributed by atoms with Gasteiger partial charge in [-0.25, -0.2) is 0 Å². The van der Waals surface area contributed by atoms with E-state index in [1.165, 1.54) is 102 Å². The molecule has 0 atom stereocenters. The second-order valence-corrected chi connectivity index (χ2v) is 10.3. The van der Waals surface area contributed by atoms with Gasteiger partial charge in [-0.2, -0.15) is 0 Å². The first kappa shape index (κ1) is 21.9. The Morgan fingerprint density at radius 1 is 0.833 bits per heavy atom. The minimum Gasteiger partial charge on any atom is -0.362 e. The van der Waals surface area contributed by atoms with E-state index in [0.717, 1.165) is 11.4 Å². The molecule has 0 saturated heterocycles. The fraction of sp³-hybridized carbons (Fsp3) is 0.667. The lowest BCUT2D eigenvalue weighted by Crippen LogP contribution is -2.27. The molecule has 1 spiro atoms. The van der Waals surface area contributed by atoms with E-state index in [2.05, 4.69) is 48.5 Å². The molecule has 0 aliphatic heterocycles. The first-order valence-electron chi connectivity index (χ1n) is 12.8. The lowest BCUT2D eigenvalue weighted by atomic mass is 9.68. The van der Waals surface area contributed by atoms with E-state index in [1.807, 2.05) is 6.20 Å². The minimum atomic E-state index is 0.667. The van der Waals surface area contributed by atoms with Gasteiger partial charge in [0, 0.05) is 11.6 Å². The molecule has 162 valence electrons. The number of benzene rings is 1. The van der Waals surface area contributed by atoms with Crippen LogP contribution in [0.5, 0.6) is 0 Å². The Morgan fingerprint density at radius 3 is 2.20 bits per heavy atom. The average molecular weight is 404 g/mol. The number of hydrogen-bond acceptors (Lipinski definition) is 2. The van der Waals surface area contributed by atoms with Crippen molar-refractivity contribution < 1.29 is 0 Å². The summed E-state index contributed by atoms with van der Waals surface area (Å²) < 4.78 is 0. The van der Waals surface area contributed by atoms with Crippen molar-refractivity contribution in [1.29, 1.82) is 0 Å². The van der Waals surface area contributed by atoms with Gasteiger partial charge in [0.15, 0.2) is 7.98 Å². The maximum absolute atomic E-state index is 4.60. The molecule has 2 saturated carbocycles. The fourth-order valence-corrected chi connectivity index (χ4v) is 6.63. The van der Waals surface area contributed by atoms with E-state index >= 15 is 0 Å². The molecule has 2 aliphatic rings. The topological polar surface area (TPSA) is 24.9 Å². The molecule has 0 unspecified atom stereocenters. The Bertz CT molecular complexity index is 760. The molecule has 1 aromatic carbocycles. The van der Waals surface area contributed by atoms with Crippen LogP contribution in [0.4, 0.5) is 0 Å². The first-order valence-corrected chi connectivity index (χ1v) is 12.8. The van der Waals surface area contributed by atoms with Gasteiger partial charge in [-0.05, 0) is 92.9 Å². The van der Waals surface area contributed by atoms with E-state index in [1.54, 1.807) is 5.56 Å². The molecule has 2 fully saturated rings. The molecule has 2 nitrogen and oxygen atoms in total. The maximum atomic E-state index is 4.60. The van der Waals surface area contributed by atoms with Crippen molar-refractivity contribution in [1.82, 2.24) is 10.2 Å². The predicted octanol–water partition coefficient (Wildman–Crippen LogP) is 6.55. The molecule has 1 heterocycles. The van der Waals surface area contributed by atoms with Gasteiger partial charge in [0.25, 0.3) is 0 Å². The highest BCUT2D eigenvalue weighted by molar-refractivity contribution is 6.04. The molecular weight excluding hydrogens is 363 g/mol. The van der Waals surface area contributed by atoms with Crippen LogP contribution in [-0.2, 0) is 0 Å². The summed E-state index contributed by atoms with van der Waals surface area (Å²) in [5, 5.41) is 4.80. The van der Waals surface area contributed by atoms with Gasteiger partial charge in [0.1, 0.15) is 0 Å². The SMILES string of the molecule is BNCC1CCCC2(CCCCC(c3ccnc4ccccc34)CCCC2)CCC1. The summed E-state index contributed by atoms with van der Waals surface area (Å²) in [5.41, 5.74) is 3.38. The highest BCUT2D eigenvalue weighted by atomic mass is 14.7. The zero-order valence-electron chi connectivity index (χ0n) is 19.2. The average Bonchev–Trinajstić information content (AvgIpc) is 2.76. The largest absolute Gasteiger partial charge is 0.362 e. The molecule has 0 amide bonds. The van der Waals surface area contributed by atoms with E-state index in [-0.39, 0.29) is 0 Å². The van der Waals surface area contributed by atoms with Gasteiger partial charge in [-0.15, -0.1) is 0 Å². The van der Waals surface area contributed by atoms with E-state index in [4.69, 9.17) is 0 Å². The van der Waals surface area contributed by atoms with Crippen LogP contribution in [-0.4, -0.2) is 19.5 Å². The number of fused-ring (bicyclic) bond motifs is 1. The summed E-state index contributed by atoms with van der Waals surface area (Å²) in [5.74, 6) is 1.63. The highest BCUT2D eigenvalue weighted by Gasteiger charge is 2.31. The van der Waals surface area contributed by atoms with Crippen molar-refractivity contribution in [2.75, 3.05) is 6.54 Å². The van der Waals surface area contributed by atoms with Crippen molar-refractivity contribution in [3.05, 3.63) is 42.1 Å². The normalized spacial score (nSPS) is 29.3. The number of para-hydroxylation sites is 1. The number of nitrogens with one attached hydrogen (secondary N) is 1. The summed E-state index contributed by atoms with van der Waals surface area (Å²) >= 11 is 0. The molecule has 3 heteroatoms. The third kappa shape index (κ3) is 5.47. The predicted molar refractivity (Wildman–Crippen MR) is 132 cm³/mol. The van der Waals surface area contributed by atoms with E-state index < -0.39 is 0 Å². The molecule has 2 aromatic rings. The van der Waals surface area contributed by atoms with Crippen LogP contribution >= 0.6 is 0 Å².